The van der Waals surface area contributed by atoms with Crippen LogP contribution in [0.4, 0.5) is 0 Å². The van der Waals surface area contributed by atoms with Gasteiger partial charge in [0.15, 0.2) is 5.96 Å². The molecule has 1 aliphatic carbocycles. The number of benzene rings is 2. The maximum Gasteiger partial charge on any atom is 0.191 e. The Morgan fingerprint density at radius 2 is 1.96 bits per heavy atom. The van der Waals surface area contributed by atoms with Crippen LogP contribution >= 0.6 is 0 Å². The van der Waals surface area contributed by atoms with Crippen LogP contribution in [0.3, 0.4) is 0 Å². The molecule has 0 heterocycles. The number of hydrogen-bond acceptors (Lipinski definition) is 3. The molecule has 0 spiro atoms. The van der Waals surface area contributed by atoms with Gasteiger partial charge in [-0.15, -0.1) is 0 Å². The topological polar surface area (TPSA) is 54.9 Å². The Hall–Kier alpha value is -2.69. The highest BCUT2D eigenvalue weighted by atomic mass is 16.5. The van der Waals surface area contributed by atoms with Crippen molar-refractivity contribution < 1.29 is 9.47 Å². The normalized spacial score (nSPS) is 15.8. The molecular weight excluding hydrogens is 314 g/mol. The summed E-state index contributed by atoms with van der Waals surface area (Å²) in [6.07, 6.45) is 1.13. The first kappa shape index (κ1) is 17.1. The van der Waals surface area contributed by atoms with Gasteiger partial charge in [0.1, 0.15) is 11.5 Å². The number of nitrogens with zero attached hydrogens (tertiary/aromatic N) is 1. The lowest BCUT2D eigenvalue weighted by atomic mass is 9.78. The first-order valence-electron chi connectivity index (χ1n) is 8.48. The van der Waals surface area contributed by atoms with E-state index >= 15 is 0 Å². The van der Waals surface area contributed by atoms with E-state index in [4.69, 9.17) is 9.47 Å². The zero-order valence-corrected chi connectivity index (χ0v) is 15.0. The molecule has 5 heteroatoms. The van der Waals surface area contributed by atoms with E-state index in [1.807, 2.05) is 18.2 Å². The highest BCUT2D eigenvalue weighted by Gasteiger charge is 2.25. The molecule has 0 radical (unpaired) electrons. The van der Waals surface area contributed by atoms with Gasteiger partial charge in [0.25, 0.3) is 0 Å². The van der Waals surface area contributed by atoms with Crippen LogP contribution in [-0.2, 0) is 13.0 Å². The maximum atomic E-state index is 5.44. The van der Waals surface area contributed by atoms with Gasteiger partial charge >= 0.3 is 0 Å². The minimum absolute atomic E-state index is 0.560. The predicted molar refractivity (Wildman–Crippen MR) is 101 cm³/mol. The molecule has 1 aliphatic rings. The number of guanidine groups is 1. The molecule has 2 aromatic carbocycles. The lowest BCUT2D eigenvalue weighted by molar-refractivity contribution is 0.390. The van der Waals surface area contributed by atoms with E-state index in [0.717, 1.165) is 36.0 Å². The zero-order valence-electron chi connectivity index (χ0n) is 15.0. The lowest BCUT2D eigenvalue weighted by Crippen LogP contribution is -2.40. The maximum absolute atomic E-state index is 5.44. The van der Waals surface area contributed by atoms with Crippen LogP contribution in [0.25, 0.3) is 0 Å². The van der Waals surface area contributed by atoms with Gasteiger partial charge in [-0.05, 0) is 29.7 Å². The smallest absolute Gasteiger partial charge is 0.191 e. The van der Waals surface area contributed by atoms with Gasteiger partial charge in [-0.2, -0.15) is 0 Å². The monoisotopic (exact) mass is 339 g/mol. The minimum atomic E-state index is 0.560. The summed E-state index contributed by atoms with van der Waals surface area (Å²) in [5, 5.41) is 6.76. The number of hydrogen-bond donors (Lipinski definition) is 2. The fourth-order valence-corrected chi connectivity index (χ4v) is 3.16. The predicted octanol–water partition coefficient (Wildman–Crippen LogP) is 2.71. The molecule has 3 rings (SSSR count). The van der Waals surface area contributed by atoms with Crippen LogP contribution in [0, 0.1) is 0 Å². The van der Waals surface area contributed by atoms with Crippen molar-refractivity contribution >= 4 is 5.96 Å². The second kappa shape index (κ2) is 7.92. The van der Waals surface area contributed by atoms with Gasteiger partial charge in [-0.25, -0.2) is 0 Å². The fourth-order valence-electron chi connectivity index (χ4n) is 3.16. The molecule has 0 fully saturated rings. The average Bonchev–Trinajstić information content (AvgIpc) is 2.64. The molecule has 0 bridgehead atoms. The van der Waals surface area contributed by atoms with Gasteiger partial charge in [-0.3, -0.25) is 4.99 Å². The molecule has 25 heavy (non-hydrogen) atoms. The van der Waals surface area contributed by atoms with Crippen LogP contribution in [0.2, 0.25) is 0 Å². The summed E-state index contributed by atoms with van der Waals surface area (Å²) in [6, 6.07) is 14.4. The third-order valence-electron chi connectivity index (χ3n) is 4.64. The number of rotatable bonds is 6. The van der Waals surface area contributed by atoms with Crippen molar-refractivity contribution in [1.82, 2.24) is 10.6 Å². The van der Waals surface area contributed by atoms with Crippen LogP contribution in [0.5, 0.6) is 11.5 Å². The van der Waals surface area contributed by atoms with Crippen molar-refractivity contribution in [3.05, 3.63) is 59.2 Å². The van der Waals surface area contributed by atoms with Crippen molar-refractivity contribution in [1.29, 1.82) is 0 Å². The molecule has 0 aliphatic heterocycles. The molecule has 0 amide bonds. The Balaban J connectivity index is 1.54. The zero-order chi connectivity index (χ0) is 17.6. The Labute approximate surface area is 149 Å². The Kier molecular flexibility index (Phi) is 5.43. The summed E-state index contributed by atoms with van der Waals surface area (Å²) >= 11 is 0. The molecular formula is C20H25N3O2. The molecule has 2 aromatic rings. The van der Waals surface area contributed by atoms with E-state index in [9.17, 15) is 0 Å². The summed E-state index contributed by atoms with van der Waals surface area (Å²) in [6.45, 7) is 1.52. The van der Waals surface area contributed by atoms with Gasteiger partial charge in [0, 0.05) is 37.7 Å². The molecule has 0 aromatic heterocycles. The standard InChI is InChI=1S/C20H25N3O2/c1-21-20(23-13-16-10-14-6-4-5-7-18(14)16)22-12-15-8-9-17(24-2)11-19(15)25-3/h4-9,11,16H,10,12-13H2,1-3H3,(H2,21,22,23). The number of ether oxygens (including phenoxy) is 2. The van der Waals surface area contributed by atoms with E-state index in [1.54, 1.807) is 21.3 Å². The van der Waals surface area contributed by atoms with E-state index in [2.05, 4.69) is 39.9 Å². The second-order valence-electron chi connectivity index (χ2n) is 6.08. The molecule has 2 N–H and O–H groups in total. The molecule has 1 atom stereocenters. The number of aliphatic imine (C=N–C) groups is 1. The van der Waals surface area contributed by atoms with Crippen LogP contribution in [0.1, 0.15) is 22.6 Å². The van der Waals surface area contributed by atoms with Crippen molar-refractivity contribution in [3.8, 4) is 11.5 Å². The summed E-state index contributed by atoms with van der Waals surface area (Å²) in [5.41, 5.74) is 3.96. The molecule has 0 saturated carbocycles. The van der Waals surface area contributed by atoms with Crippen LogP contribution in [-0.4, -0.2) is 33.8 Å². The third kappa shape index (κ3) is 3.87. The summed E-state index contributed by atoms with van der Waals surface area (Å²) in [7, 11) is 5.10. The highest BCUT2D eigenvalue weighted by Crippen LogP contribution is 2.33. The summed E-state index contributed by atoms with van der Waals surface area (Å²) in [5.74, 6) is 2.94. The lowest BCUT2D eigenvalue weighted by Gasteiger charge is -2.30. The van der Waals surface area contributed by atoms with Crippen LogP contribution in [0.15, 0.2) is 47.5 Å². The number of nitrogens with one attached hydrogen (secondary N) is 2. The third-order valence-corrected chi connectivity index (χ3v) is 4.64. The van der Waals surface area contributed by atoms with E-state index in [0.29, 0.717) is 12.5 Å². The van der Waals surface area contributed by atoms with Gasteiger partial charge in [0.2, 0.25) is 0 Å². The Bertz CT molecular complexity index is 758. The molecule has 1 unspecified atom stereocenters. The van der Waals surface area contributed by atoms with Crippen molar-refractivity contribution in [2.75, 3.05) is 27.8 Å². The number of methoxy groups -OCH3 is 2. The summed E-state index contributed by atoms with van der Waals surface area (Å²) in [4.78, 5) is 4.31. The Morgan fingerprint density at radius 1 is 1.12 bits per heavy atom. The van der Waals surface area contributed by atoms with Crippen molar-refractivity contribution in [3.63, 3.8) is 0 Å². The molecule has 5 nitrogen and oxygen atoms in total. The van der Waals surface area contributed by atoms with E-state index in [-0.39, 0.29) is 0 Å². The summed E-state index contributed by atoms with van der Waals surface area (Å²) < 4.78 is 10.7. The van der Waals surface area contributed by atoms with E-state index < -0.39 is 0 Å². The van der Waals surface area contributed by atoms with Gasteiger partial charge < -0.3 is 20.1 Å². The molecule has 132 valence electrons. The van der Waals surface area contributed by atoms with Crippen molar-refractivity contribution in [2.24, 2.45) is 4.99 Å². The fraction of sp³-hybridized carbons (Fsp3) is 0.350. The average molecular weight is 339 g/mol. The highest BCUT2D eigenvalue weighted by molar-refractivity contribution is 5.79. The number of fused-ring (bicyclic) bond motifs is 1. The SMILES string of the molecule is CN=C(NCc1ccc(OC)cc1OC)NCC1Cc2ccccc21. The van der Waals surface area contributed by atoms with Gasteiger partial charge in [0.05, 0.1) is 14.2 Å². The largest absolute Gasteiger partial charge is 0.497 e. The van der Waals surface area contributed by atoms with Gasteiger partial charge in [-0.1, -0.05) is 24.3 Å². The van der Waals surface area contributed by atoms with Crippen molar-refractivity contribution in [2.45, 2.75) is 18.9 Å². The first-order chi connectivity index (χ1) is 12.2. The minimum Gasteiger partial charge on any atom is -0.497 e. The quantitative estimate of drug-likeness (QED) is 0.628. The Morgan fingerprint density at radius 3 is 2.68 bits per heavy atom. The first-order valence-corrected chi connectivity index (χ1v) is 8.48. The second-order valence-corrected chi connectivity index (χ2v) is 6.08. The molecule has 0 saturated heterocycles. The van der Waals surface area contributed by atoms with Crippen LogP contribution < -0.4 is 20.1 Å². The van der Waals surface area contributed by atoms with E-state index in [1.165, 1.54) is 11.1 Å².